The van der Waals surface area contributed by atoms with Crippen LogP contribution in [0.1, 0.15) is 18.5 Å². The SMILES string of the molecule is C[C@H](c1cccc([N+](=O)[O-])c1)N(C)C(=O)CONS(=O)(=O)c1ccc(F)cc1. The fraction of sp³-hybridized carbons (Fsp3) is 0.235. The number of rotatable bonds is 8. The summed E-state index contributed by atoms with van der Waals surface area (Å²) in [6.45, 7) is 1.07. The molecular formula is C17H18FN3O6S. The lowest BCUT2D eigenvalue weighted by molar-refractivity contribution is -0.384. The molecule has 0 aliphatic carbocycles. The molecule has 150 valence electrons. The van der Waals surface area contributed by atoms with E-state index in [1.165, 1.54) is 30.1 Å². The number of carbonyl (C=O) groups excluding carboxylic acids is 1. The molecule has 11 heteroatoms. The van der Waals surface area contributed by atoms with E-state index in [1.807, 2.05) is 0 Å². The van der Waals surface area contributed by atoms with Crippen LogP contribution in [0.4, 0.5) is 10.1 Å². The van der Waals surface area contributed by atoms with Crippen molar-refractivity contribution in [3.05, 3.63) is 70.0 Å². The average molecular weight is 411 g/mol. The van der Waals surface area contributed by atoms with Crippen molar-refractivity contribution in [1.29, 1.82) is 0 Å². The molecule has 1 N–H and O–H groups in total. The summed E-state index contributed by atoms with van der Waals surface area (Å²) in [4.78, 5) is 30.2. The van der Waals surface area contributed by atoms with Crippen molar-refractivity contribution in [1.82, 2.24) is 9.79 Å². The second-order valence-corrected chi connectivity index (χ2v) is 7.51. The quantitative estimate of drug-likeness (QED) is 0.525. The number of nitrogens with zero attached hydrogens (tertiary/aromatic N) is 2. The van der Waals surface area contributed by atoms with Crippen molar-refractivity contribution in [2.75, 3.05) is 13.7 Å². The summed E-state index contributed by atoms with van der Waals surface area (Å²) in [7, 11) is -2.61. The van der Waals surface area contributed by atoms with Gasteiger partial charge < -0.3 is 4.90 Å². The molecule has 2 aromatic carbocycles. The molecule has 0 bridgehead atoms. The van der Waals surface area contributed by atoms with E-state index >= 15 is 0 Å². The first kappa shape index (κ1) is 21.4. The first-order chi connectivity index (χ1) is 13.1. The fourth-order valence-corrected chi connectivity index (χ4v) is 3.07. The molecule has 0 unspecified atom stereocenters. The number of hydrogen-bond acceptors (Lipinski definition) is 6. The molecular weight excluding hydrogens is 393 g/mol. The predicted molar refractivity (Wildman–Crippen MR) is 97.0 cm³/mol. The molecule has 0 aliphatic rings. The largest absolute Gasteiger partial charge is 0.337 e. The van der Waals surface area contributed by atoms with E-state index in [-0.39, 0.29) is 10.6 Å². The Balaban J connectivity index is 1.96. The van der Waals surface area contributed by atoms with Crippen LogP contribution in [0.2, 0.25) is 0 Å². The highest BCUT2D eigenvalue weighted by Gasteiger charge is 2.21. The van der Waals surface area contributed by atoms with E-state index in [0.717, 1.165) is 24.3 Å². The number of nitro groups is 1. The Morgan fingerprint density at radius 2 is 1.93 bits per heavy atom. The number of likely N-dealkylation sites (N-methyl/N-ethyl adjacent to an activating group) is 1. The molecule has 2 rings (SSSR count). The molecule has 0 aliphatic heterocycles. The zero-order valence-corrected chi connectivity index (χ0v) is 15.8. The number of benzene rings is 2. The van der Waals surface area contributed by atoms with E-state index in [0.29, 0.717) is 5.56 Å². The second kappa shape index (κ2) is 8.87. The van der Waals surface area contributed by atoms with Crippen LogP contribution in [0.3, 0.4) is 0 Å². The van der Waals surface area contributed by atoms with Gasteiger partial charge in [-0.2, -0.15) is 0 Å². The van der Waals surface area contributed by atoms with Gasteiger partial charge in [-0.15, -0.1) is 0 Å². The maximum Gasteiger partial charge on any atom is 0.269 e. The van der Waals surface area contributed by atoms with Crippen molar-refractivity contribution in [3.8, 4) is 0 Å². The van der Waals surface area contributed by atoms with Gasteiger partial charge in [0.05, 0.1) is 15.9 Å². The monoisotopic (exact) mass is 411 g/mol. The maximum absolute atomic E-state index is 12.9. The normalized spacial score (nSPS) is 12.4. The van der Waals surface area contributed by atoms with Crippen LogP contribution in [-0.2, 0) is 19.7 Å². The Labute approximate surface area is 160 Å². The van der Waals surface area contributed by atoms with Gasteiger partial charge in [-0.3, -0.25) is 19.7 Å². The Hall–Kier alpha value is -2.89. The lowest BCUT2D eigenvalue weighted by atomic mass is 10.1. The average Bonchev–Trinajstić information content (AvgIpc) is 2.67. The number of non-ortho nitro benzene ring substituents is 1. The first-order valence-electron chi connectivity index (χ1n) is 8.01. The van der Waals surface area contributed by atoms with Gasteiger partial charge in [0.1, 0.15) is 12.4 Å². The third kappa shape index (κ3) is 5.31. The van der Waals surface area contributed by atoms with Crippen LogP contribution >= 0.6 is 0 Å². The summed E-state index contributed by atoms with van der Waals surface area (Å²) in [5.41, 5.74) is 0.436. The molecule has 1 amide bonds. The van der Waals surface area contributed by atoms with Gasteiger partial charge in [0.15, 0.2) is 0 Å². The van der Waals surface area contributed by atoms with Crippen LogP contribution in [0.15, 0.2) is 53.4 Å². The molecule has 2 aromatic rings. The number of carbonyl (C=O) groups is 1. The third-order valence-corrected chi connectivity index (χ3v) is 5.26. The summed E-state index contributed by atoms with van der Waals surface area (Å²) >= 11 is 0. The van der Waals surface area contributed by atoms with Crippen LogP contribution in [0.25, 0.3) is 0 Å². The third-order valence-electron chi connectivity index (χ3n) is 4.03. The van der Waals surface area contributed by atoms with Gasteiger partial charge in [0.25, 0.3) is 21.6 Å². The standard InChI is InChI=1S/C17H18FN3O6S/c1-12(13-4-3-5-15(10-13)21(23)24)20(2)17(22)11-27-19-28(25,26)16-8-6-14(18)7-9-16/h3-10,12,19H,11H2,1-2H3/t12-/m1/s1. The number of halogens is 1. The summed E-state index contributed by atoms with van der Waals surface area (Å²) in [6.07, 6.45) is 0. The minimum Gasteiger partial charge on any atom is -0.337 e. The lowest BCUT2D eigenvalue weighted by Crippen LogP contribution is -2.35. The number of nitrogens with one attached hydrogen (secondary N) is 1. The maximum atomic E-state index is 12.9. The smallest absolute Gasteiger partial charge is 0.269 e. The van der Waals surface area contributed by atoms with E-state index in [1.54, 1.807) is 17.9 Å². The van der Waals surface area contributed by atoms with Crippen LogP contribution < -0.4 is 4.89 Å². The van der Waals surface area contributed by atoms with E-state index < -0.39 is 39.3 Å². The molecule has 0 fully saturated rings. The van der Waals surface area contributed by atoms with Crippen molar-refractivity contribution in [3.63, 3.8) is 0 Å². The van der Waals surface area contributed by atoms with E-state index in [4.69, 9.17) is 4.84 Å². The molecule has 0 heterocycles. The van der Waals surface area contributed by atoms with E-state index in [9.17, 15) is 27.7 Å². The second-order valence-electron chi connectivity index (χ2n) is 5.86. The molecule has 28 heavy (non-hydrogen) atoms. The molecule has 0 radical (unpaired) electrons. The summed E-state index contributed by atoms with van der Waals surface area (Å²) < 4.78 is 36.9. The number of nitro benzene ring substituents is 1. The van der Waals surface area contributed by atoms with Crippen molar-refractivity contribution >= 4 is 21.6 Å². The van der Waals surface area contributed by atoms with E-state index in [2.05, 4.69) is 0 Å². The summed E-state index contributed by atoms with van der Waals surface area (Å²) in [6, 6.07) is 9.40. The van der Waals surface area contributed by atoms with Gasteiger partial charge in [0.2, 0.25) is 0 Å². The highest BCUT2D eigenvalue weighted by atomic mass is 32.2. The van der Waals surface area contributed by atoms with Crippen LogP contribution in [-0.4, -0.2) is 37.8 Å². The highest BCUT2D eigenvalue weighted by molar-refractivity contribution is 7.89. The molecule has 0 spiro atoms. The summed E-state index contributed by atoms with van der Waals surface area (Å²) in [5.74, 6) is -1.15. The van der Waals surface area contributed by atoms with Crippen molar-refractivity contribution in [2.24, 2.45) is 0 Å². The molecule has 0 aromatic heterocycles. The first-order valence-corrected chi connectivity index (χ1v) is 9.49. The number of amides is 1. The van der Waals surface area contributed by atoms with Crippen molar-refractivity contribution < 1.29 is 27.4 Å². The van der Waals surface area contributed by atoms with Gasteiger partial charge in [-0.1, -0.05) is 17.0 Å². The van der Waals surface area contributed by atoms with Gasteiger partial charge >= 0.3 is 0 Å². The minimum atomic E-state index is -4.07. The Morgan fingerprint density at radius 3 is 2.54 bits per heavy atom. The Kier molecular flexibility index (Phi) is 6.78. The molecule has 1 atom stereocenters. The lowest BCUT2D eigenvalue weighted by Gasteiger charge is -2.25. The minimum absolute atomic E-state index is 0.103. The molecule has 9 nitrogen and oxygen atoms in total. The number of hydrogen-bond donors (Lipinski definition) is 1. The van der Waals surface area contributed by atoms with Gasteiger partial charge in [-0.25, -0.2) is 12.8 Å². The zero-order valence-electron chi connectivity index (χ0n) is 15.0. The van der Waals surface area contributed by atoms with Crippen LogP contribution in [0.5, 0.6) is 0 Å². The Morgan fingerprint density at radius 1 is 1.29 bits per heavy atom. The van der Waals surface area contributed by atoms with Crippen LogP contribution in [0, 0.1) is 15.9 Å². The Bertz CT molecular complexity index is 965. The topological polar surface area (TPSA) is 119 Å². The molecule has 0 saturated heterocycles. The van der Waals surface area contributed by atoms with Gasteiger partial charge in [-0.05, 0) is 36.8 Å². The van der Waals surface area contributed by atoms with Gasteiger partial charge in [0, 0.05) is 19.2 Å². The highest BCUT2D eigenvalue weighted by Crippen LogP contribution is 2.23. The summed E-state index contributed by atoms with van der Waals surface area (Å²) in [5, 5.41) is 10.9. The van der Waals surface area contributed by atoms with Crippen molar-refractivity contribution in [2.45, 2.75) is 17.9 Å². The molecule has 0 saturated carbocycles. The zero-order chi connectivity index (χ0) is 20.9. The predicted octanol–water partition coefficient (Wildman–Crippen LogP) is 2.16. The number of sulfonamides is 1. The fourth-order valence-electron chi connectivity index (χ4n) is 2.27.